The monoisotopic (exact) mass is 292 g/mol. The van der Waals surface area contributed by atoms with Gasteiger partial charge in [-0.2, -0.15) is 0 Å². The third-order valence-electron chi connectivity index (χ3n) is 2.87. The van der Waals surface area contributed by atoms with Crippen molar-refractivity contribution in [2.75, 3.05) is 0 Å². The zero-order valence-corrected chi connectivity index (χ0v) is 12.4. The highest BCUT2D eigenvalue weighted by Crippen LogP contribution is 2.30. The Morgan fingerprint density at radius 3 is 2.89 bits per heavy atom. The molecule has 0 aliphatic rings. The molecule has 0 fully saturated rings. The van der Waals surface area contributed by atoms with Crippen LogP contribution in [0.4, 0.5) is 0 Å². The van der Waals surface area contributed by atoms with E-state index >= 15 is 0 Å². The van der Waals surface area contributed by atoms with Crippen LogP contribution in [0.5, 0.6) is 0 Å². The molecule has 0 bridgehead atoms. The van der Waals surface area contributed by atoms with Crippen molar-refractivity contribution in [1.82, 2.24) is 4.98 Å². The largest absolute Gasteiger partial charge is 0.327 e. The quantitative estimate of drug-likeness (QED) is 0.899. The standard InChI is InChI=1S/C15H17ClN2S/c1-2-13(17)9-11-5-4-8-18-15(11)19-14-7-3-6-12(16)10-14/h3-8,10,13H,2,9,17H2,1H3. The molecule has 0 aliphatic heterocycles. The van der Waals surface area contributed by atoms with Crippen LogP contribution >= 0.6 is 23.4 Å². The van der Waals surface area contributed by atoms with E-state index in [9.17, 15) is 0 Å². The van der Waals surface area contributed by atoms with Gasteiger partial charge in [-0.3, -0.25) is 0 Å². The summed E-state index contributed by atoms with van der Waals surface area (Å²) in [7, 11) is 0. The lowest BCUT2D eigenvalue weighted by molar-refractivity contribution is 0.637. The zero-order chi connectivity index (χ0) is 13.7. The first-order chi connectivity index (χ1) is 9.19. The summed E-state index contributed by atoms with van der Waals surface area (Å²) in [5.41, 5.74) is 7.23. The first-order valence-corrected chi connectivity index (χ1v) is 7.51. The van der Waals surface area contributed by atoms with Crippen molar-refractivity contribution in [3.8, 4) is 0 Å². The van der Waals surface area contributed by atoms with Crippen molar-refractivity contribution in [3.05, 3.63) is 53.2 Å². The lowest BCUT2D eigenvalue weighted by atomic mass is 10.1. The molecule has 2 rings (SSSR count). The number of hydrogen-bond donors (Lipinski definition) is 1. The molecule has 1 unspecified atom stereocenters. The average Bonchev–Trinajstić information content (AvgIpc) is 2.41. The van der Waals surface area contributed by atoms with Crippen molar-refractivity contribution < 1.29 is 0 Å². The van der Waals surface area contributed by atoms with Gasteiger partial charge >= 0.3 is 0 Å². The van der Waals surface area contributed by atoms with Crippen molar-refractivity contribution in [1.29, 1.82) is 0 Å². The minimum atomic E-state index is 0.183. The number of rotatable bonds is 5. The summed E-state index contributed by atoms with van der Waals surface area (Å²) in [4.78, 5) is 5.55. The molecule has 1 heterocycles. The summed E-state index contributed by atoms with van der Waals surface area (Å²) >= 11 is 7.63. The van der Waals surface area contributed by atoms with E-state index in [2.05, 4.69) is 18.0 Å². The predicted molar refractivity (Wildman–Crippen MR) is 81.8 cm³/mol. The number of nitrogens with two attached hydrogens (primary N) is 1. The van der Waals surface area contributed by atoms with Gasteiger partial charge in [0.05, 0.1) is 0 Å². The molecule has 100 valence electrons. The van der Waals surface area contributed by atoms with Gasteiger partial charge in [0.2, 0.25) is 0 Å². The molecule has 0 aliphatic carbocycles. The summed E-state index contributed by atoms with van der Waals surface area (Å²) in [5.74, 6) is 0. The maximum atomic E-state index is 6.03. The van der Waals surface area contributed by atoms with E-state index in [1.165, 1.54) is 5.56 Å². The van der Waals surface area contributed by atoms with E-state index in [4.69, 9.17) is 17.3 Å². The van der Waals surface area contributed by atoms with Crippen LogP contribution in [0.3, 0.4) is 0 Å². The predicted octanol–water partition coefficient (Wildman–Crippen LogP) is 4.17. The molecular formula is C15H17ClN2S. The van der Waals surface area contributed by atoms with Gasteiger partial charge in [0, 0.05) is 22.2 Å². The van der Waals surface area contributed by atoms with Crippen LogP contribution in [0.25, 0.3) is 0 Å². The molecule has 19 heavy (non-hydrogen) atoms. The smallest absolute Gasteiger partial charge is 0.104 e. The Balaban J connectivity index is 2.20. The summed E-state index contributed by atoms with van der Waals surface area (Å²) < 4.78 is 0. The first-order valence-electron chi connectivity index (χ1n) is 6.32. The van der Waals surface area contributed by atoms with E-state index in [1.807, 2.05) is 36.5 Å². The van der Waals surface area contributed by atoms with Crippen LogP contribution in [-0.4, -0.2) is 11.0 Å². The lowest BCUT2D eigenvalue weighted by Gasteiger charge is -2.12. The Hall–Kier alpha value is -1.03. The van der Waals surface area contributed by atoms with Gasteiger partial charge in [0.1, 0.15) is 5.03 Å². The molecule has 1 atom stereocenters. The summed E-state index contributed by atoms with van der Waals surface area (Å²) in [6.07, 6.45) is 3.64. The van der Waals surface area contributed by atoms with Gasteiger partial charge in [-0.15, -0.1) is 0 Å². The first kappa shape index (κ1) is 14.4. The lowest BCUT2D eigenvalue weighted by Crippen LogP contribution is -2.21. The summed E-state index contributed by atoms with van der Waals surface area (Å²) in [6, 6.07) is 12.0. The molecule has 0 saturated heterocycles. The van der Waals surface area contributed by atoms with Crippen molar-refractivity contribution in [2.24, 2.45) is 5.73 Å². The van der Waals surface area contributed by atoms with Crippen LogP contribution in [0.1, 0.15) is 18.9 Å². The number of benzene rings is 1. The van der Waals surface area contributed by atoms with Crippen LogP contribution in [0.2, 0.25) is 5.02 Å². The third kappa shape index (κ3) is 4.23. The molecule has 0 amide bonds. The Kier molecular flexibility index (Phi) is 5.25. The molecule has 0 saturated carbocycles. The van der Waals surface area contributed by atoms with E-state index in [0.717, 1.165) is 27.8 Å². The van der Waals surface area contributed by atoms with Gasteiger partial charge in [-0.1, -0.05) is 42.4 Å². The molecule has 0 radical (unpaired) electrons. The molecule has 2 nitrogen and oxygen atoms in total. The average molecular weight is 293 g/mol. The van der Waals surface area contributed by atoms with Gasteiger partial charge in [0.25, 0.3) is 0 Å². The Labute approximate surface area is 123 Å². The third-order valence-corrected chi connectivity index (χ3v) is 4.15. The Bertz CT molecular complexity index is 545. The van der Waals surface area contributed by atoms with Gasteiger partial charge < -0.3 is 5.73 Å². The maximum absolute atomic E-state index is 6.03. The molecule has 1 aromatic heterocycles. The van der Waals surface area contributed by atoms with E-state index in [1.54, 1.807) is 11.8 Å². The molecule has 1 aromatic carbocycles. The fraction of sp³-hybridized carbons (Fsp3) is 0.267. The topological polar surface area (TPSA) is 38.9 Å². The highest BCUT2D eigenvalue weighted by Gasteiger charge is 2.09. The molecule has 2 N–H and O–H groups in total. The van der Waals surface area contributed by atoms with E-state index in [0.29, 0.717) is 0 Å². The number of halogens is 1. The zero-order valence-electron chi connectivity index (χ0n) is 10.8. The van der Waals surface area contributed by atoms with E-state index < -0.39 is 0 Å². The molecule has 4 heteroatoms. The summed E-state index contributed by atoms with van der Waals surface area (Å²) in [6.45, 7) is 2.10. The molecule has 0 spiro atoms. The Morgan fingerprint density at radius 1 is 1.32 bits per heavy atom. The maximum Gasteiger partial charge on any atom is 0.104 e. The minimum absolute atomic E-state index is 0.183. The highest BCUT2D eigenvalue weighted by molar-refractivity contribution is 7.99. The number of aromatic nitrogens is 1. The van der Waals surface area contributed by atoms with Gasteiger partial charge in [-0.05, 0) is 42.7 Å². The van der Waals surface area contributed by atoms with Crippen LogP contribution in [-0.2, 0) is 6.42 Å². The second kappa shape index (κ2) is 6.94. The van der Waals surface area contributed by atoms with Crippen molar-refractivity contribution in [2.45, 2.75) is 35.7 Å². The molecule has 2 aromatic rings. The minimum Gasteiger partial charge on any atom is -0.327 e. The fourth-order valence-corrected chi connectivity index (χ4v) is 2.95. The van der Waals surface area contributed by atoms with Crippen LogP contribution in [0.15, 0.2) is 52.5 Å². The number of nitrogens with zero attached hydrogens (tertiary/aromatic N) is 1. The second-order valence-corrected chi connectivity index (χ2v) is 5.90. The number of pyridine rings is 1. The Morgan fingerprint density at radius 2 is 2.16 bits per heavy atom. The fourth-order valence-electron chi connectivity index (χ4n) is 1.74. The highest BCUT2D eigenvalue weighted by atomic mass is 35.5. The SMILES string of the molecule is CCC(N)Cc1cccnc1Sc1cccc(Cl)c1. The second-order valence-electron chi connectivity index (χ2n) is 4.40. The van der Waals surface area contributed by atoms with Crippen LogP contribution < -0.4 is 5.73 Å². The van der Waals surface area contributed by atoms with Gasteiger partial charge in [0.15, 0.2) is 0 Å². The van der Waals surface area contributed by atoms with Gasteiger partial charge in [-0.25, -0.2) is 4.98 Å². The normalized spacial score (nSPS) is 12.4. The summed E-state index contributed by atoms with van der Waals surface area (Å²) in [5, 5.41) is 1.75. The van der Waals surface area contributed by atoms with Crippen molar-refractivity contribution >= 4 is 23.4 Å². The number of hydrogen-bond acceptors (Lipinski definition) is 3. The van der Waals surface area contributed by atoms with Crippen molar-refractivity contribution in [3.63, 3.8) is 0 Å². The van der Waals surface area contributed by atoms with E-state index in [-0.39, 0.29) is 6.04 Å². The molecular weight excluding hydrogens is 276 g/mol. The van der Waals surface area contributed by atoms with Crippen LogP contribution in [0, 0.1) is 0 Å².